The van der Waals surface area contributed by atoms with E-state index in [1.165, 1.54) is 40.9 Å². The van der Waals surface area contributed by atoms with Crippen molar-refractivity contribution in [2.45, 2.75) is 45.3 Å². The topological polar surface area (TPSA) is 0 Å². The van der Waals surface area contributed by atoms with Crippen molar-refractivity contribution in [1.29, 1.82) is 0 Å². The lowest BCUT2D eigenvalue weighted by atomic mass is 10.1. The lowest BCUT2D eigenvalue weighted by Crippen LogP contribution is -2.40. The third kappa shape index (κ3) is 5.12. The Morgan fingerprint density at radius 2 is 1.48 bits per heavy atom. The SMILES string of the molecule is Cc1ccc(CCCC[Si](C)(C)c2ccc(Br)cc2)cc1. The summed E-state index contributed by atoms with van der Waals surface area (Å²) in [5, 5.41) is 1.57. The van der Waals surface area contributed by atoms with Gasteiger partial charge in [-0.05, 0) is 37.5 Å². The molecule has 0 bridgehead atoms. The fourth-order valence-corrected chi connectivity index (χ4v) is 5.45. The van der Waals surface area contributed by atoms with Crippen LogP contribution in [0.1, 0.15) is 24.0 Å². The maximum absolute atomic E-state index is 3.52. The van der Waals surface area contributed by atoms with Crippen LogP contribution in [-0.2, 0) is 6.42 Å². The van der Waals surface area contributed by atoms with Gasteiger partial charge in [-0.3, -0.25) is 0 Å². The van der Waals surface area contributed by atoms with Gasteiger partial charge in [0.15, 0.2) is 0 Å². The zero-order chi connectivity index (χ0) is 15.3. The number of hydrogen-bond acceptors (Lipinski definition) is 0. The Morgan fingerprint density at radius 3 is 2.10 bits per heavy atom. The zero-order valence-corrected chi connectivity index (χ0v) is 15.9. The van der Waals surface area contributed by atoms with Crippen LogP contribution < -0.4 is 5.19 Å². The highest BCUT2D eigenvalue weighted by Crippen LogP contribution is 2.17. The molecule has 0 heterocycles. The minimum absolute atomic E-state index is 1.18. The van der Waals surface area contributed by atoms with Crippen LogP contribution in [-0.4, -0.2) is 8.07 Å². The number of hydrogen-bond donors (Lipinski definition) is 0. The van der Waals surface area contributed by atoms with Gasteiger partial charge >= 0.3 is 0 Å². The second-order valence-electron chi connectivity index (χ2n) is 6.58. The van der Waals surface area contributed by atoms with Gasteiger partial charge in [0.25, 0.3) is 0 Å². The second-order valence-corrected chi connectivity index (χ2v) is 12.3. The molecular formula is C19H25BrSi. The Kier molecular flexibility index (Phi) is 5.83. The average molecular weight is 361 g/mol. The molecule has 0 aliphatic rings. The lowest BCUT2D eigenvalue weighted by molar-refractivity contribution is 0.786. The van der Waals surface area contributed by atoms with Gasteiger partial charge in [0.05, 0.1) is 8.07 Å². The molecule has 0 aliphatic heterocycles. The number of halogens is 1. The Morgan fingerprint density at radius 1 is 0.857 bits per heavy atom. The molecule has 2 aromatic rings. The molecule has 0 atom stereocenters. The minimum Gasteiger partial charge on any atom is -0.0654 e. The molecule has 0 saturated heterocycles. The van der Waals surface area contributed by atoms with Crippen molar-refractivity contribution in [3.63, 3.8) is 0 Å². The van der Waals surface area contributed by atoms with Gasteiger partial charge in [-0.1, -0.05) is 88.6 Å². The molecule has 0 aliphatic carbocycles. The summed E-state index contributed by atoms with van der Waals surface area (Å²) < 4.78 is 1.18. The van der Waals surface area contributed by atoms with Crippen molar-refractivity contribution in [2.24, 2.45) is 0 Å². The second kappa shape index (κ2) is 7.41. The van der Waals surface area contributed by atoms with Crippen molar-refractivity contribution < 1.29 is 0 Å². The van der Waals surface area contributed by atoms with Crippen LogP contribution in [0.25, 0.3) is 0 Å². The quantitative estimate of drug-likeness (QED) is 0.458. The molecule has 0 saturated carbocycles. The summed E-state index contributed by atoms with van der Waals surface area (Å²) in [6, 6.07) is 19.3. The molecule has 0 unspecified atom stereocenters. The van der Waals surface area contributed by atoms with Crippen LogP contribution in [0, 0.1) is 6.92 Å². The van der Waals surface area contributed by atoms with Crippen molar-refractivity contribution >= 4 is 29.2 Å². The van der Waals surface area contributed by atoms with Crippen molar-refractivity contribution in [3.05, 3.63) is 64.1 Å². The van der Waals surface area contributed by atoms with E-state index in [1.807, 2.05) is 0 Å². The van der Waals surface area contributed by atoms with Crippen LogP contribution in [0.5, 0.6) is 0 Å². The third-order valence-corrected chi connectivity index (χ3v) is 8.29. The summed E-state index contributed by atoms with van der Waals surface area (Å²) in [5.41, 5.74) is 2.83. The molecule has 0 aromatic heterocycles. The summed E-state index contributed by atoms with van der Waals surface area (Å²) in [5.74, 6) is 0. The normalized spacial score (nSPS) is 11.6. The van der Waals surface area contributed by atoms with Gasteiger partial charge in [0.2, 0.25) is 0 Å². The molecule has 2 heteroatoms. The monoisotopic (exact) mass is 360 g/mol. The number of aryl methyl sites for hydroxylation is 2. The molecule has 0 amide bonds. The number of benzene rings is 2. The van der Waals surface area contributed by atoms with Crippen molar-refractivity contribution in [2.75, 3.05) is 0 Å². The highest BCUT2D eigenvalue weighted by molar-refractivity contribution is 9.10. The van der Waals surface area contributed by atoms with E-state index in [9.17, 15) is 0 Å². The Balaban J connectivity index is 1.81. The zero-order valence-electron chi connectivity index (χ0n) is 13.3. The molecular weight excluding hydrogens is 336 g/mol. The fourth-order valence-electron chi connectivity index (χ4n) is 2.70. The molecule has 0 fully saturated rings. The molecule has 2 aromatic carbocycles. The van der Waals surface area contributed by atoms with Gasteiger partial charge in [-0.15, -0.1) is 0 Å². The molecule has 0 radical (unpaired) electrons. The first kappa shape index (κ1) is 16.5. The summed E-state index contributed by atoms with van der Waals surface area (Å²) in [6.45, 7) is 7.13. The third-order valence-electron chi connectivity index (χ3n) is 4.26. The van der Waals surface area contributed by atoms with Crippen LogP contribution in [0.15, 0.2) is 53.0 Å². The molecule has 2 rings (SSSR count). The fraction of sp³-hybridized carbons (Fsp3) is 0.368. The van der Waals surface area contributed by atoms with Gasteiger partial charge in [-0.2, -0.15) is 0 Å². The predicted molar refractivity (Wildman–Crippen MR) is 100 cm³/mol. The van der Waals surface area contributed by atoms with Gasteiger partial charge in [0.1, 0.15) is 0 Å². The van der Waals surface area contributed by atoms with E-state index in [-0.39, 0.29) is 0 Å². The first-order valence-electron chi connectivity index (χ1n) is 7.79. The Labute approximate surface area is 138 Å². The Hall–Kier alpha value is -0.863. The van der Waals surface area contributed by atoms with Crippen molar-refractivity contribution in [1.82, 2.24) is 0 Å². The minimum atomic E-state index is -1.27. The van der Waals surface area contributed by atoms with E-state index >= 15 is 0 Å². The first-order chi connectivity index (χ1) is 9.97. The Bertz CT molecular complexity index is 555. The highest BCUT2D eigenvalue weighted by atomic mass is 79.9. The largest absolute Gasteiger partial charge is 0.0806 e. The van der Waals surface area contributed by atoms with Crippen molar-refractivity contribution in [3.8, 4) is 0 Å². The van der Waals surface area contributed by atoms with Crippen LogP contribution >= 0.6 is 15.9 Å². The summed E-state index contributed by atoms with van der Waals surface area (Å²) in [6.07, 6.45) is 3.85. The van der Waals surface area contributed by atoms with E-state index in [1.54, 1.807) is 5.19 Å². The smallest absolute Gasteiger partial charge is 0.0654 e. The number of rotatable bonds is 6. The van der Waals surface area contributed by atoms with Gasteiger partial charge < -0.3 is 0 Å². The highest BCUT2D eigenvalue weighted by Gasteiger charge is 2.22. The van der Waals surface area contributed by atoms with Gasteiger partial charge in [-0.25, -0.2) is 0 Å². The van der Waals surface area contributed by atoms with E-state index in [4.69, 9.17) is 0 Å². The molecule has 112 valence electrons. The van der Waals surface area contributed by atoms with E-state index in [0.717, 1.165) is 0 Å². The molecule has 0 spiro atoms. The summed E-state index contributed by atoms with van der Waals surface area (Å²) in [4.78, 5) is 0. The van der Waals surface area contributed by atoms with Crippen LogP contribution in [0.2, 0.25) is 19.1 Å². The summed E-state index contributed by atoms with van der Waals surface area (Å²) >= 11 is 3.52. The predicted octanol–water partition coefficient (Wildman–Crippen LogP) is 5.70. The van der Waals surface area contributed by atoms with Crippen LogP contribution in [0.3, 0.4) is 0 Å². The molecule has 0 N–H and O–H groups in total. The van der Waals surface area contributed by atoms with Gasteiger partial charge in [0, 0.05) is 4.47 Å². The van der Waals surface area contributed by atoms with E-state index < -0.39 is 8.07 Å². The maximum Gasteiger partial charge on any atom is 0.0806 e. The molecule has 21 heavy (non-hydrogen) atoms. The maximum atomic E-state index is 3.52. The summed E-state index contributed by atoms with van der Waals surface area (Å²) in [7, 11) is -1.27. The lowest BCUT2D eigenvalue weighted by Gasteiger charge is -2.23. The van der Waals surface area contributed by atoms with E-state index in [0.29, 0.717) is 0 Å². The molecule has 0 nitrogen and oxygen atoms in total. The van der Waals surface area contributed by atoms with Crippen LogP contribution in [0.4, 0.5) is 0 Å². The first-order valence-corrected chi connectivity index (χ1v) is 11.8. The standard InChI is InChI=1S/C19H25BrSi/c1-16-7-9-17(10-8-16)6-4-5-15-21(2,3)19-13-11-18(20)12-14-19/h7-14H,4-6,15H2,1-3H3. The average Bonchev–Trinajstić information content (AvgIpc) is 2.46. The number of unbranched alkanes of at least 4 members (excludes halogenated alkanes) is 1. The van der Waals surface area contributed by atoms with E-state index in [2.05, 4.69) is 84.5 Å².